The van der Waals surface area contributed by atoms with Gasteiger partial charge in [-0.25, -0.2) is 16.8 Å². The zero-order valence-electron chi connectivity index (χ0n) is 13.3. The summed E-state index contributed by atoms with van der Waals surface area (Å²) in [6.07, 6.45) is 0.151. The Morgan fingerprint density at radius 1 is 0.913 bits per heavy atom. The highest BCUT2D eigenvalue weighted by Crippen LogP contribution is 2.12. The number of sulfone groups is 2. The van der Waals surface area contributed by atoms with Crippen LogP contribution in [0.4, 0.5) is 0 Å². The number of rotatable bonds is 7. The number of ether oxygens (including phenoxy) is 1. The summed E-state index contributed by atoms with van der Waals surface area (Å²) in [5.74, 6) is 0.638. The van der Waals surface area contributed by atoms with E-state index >= 15 is 0 Å². The average molecular weight is 370 g/mol. The van der Waals surface area contributed by atoms with E-state index in [2.05, 4.69) is 4.90 Å². The van der Waals surface area contributed by atoms with Crippen LogP contribution in [0, 0.1) is 0 Å². The fraction of sp³-hybridized carbons (Fsp3) is 1.00. The van der Waals surface area contributed by atoms with Crippen LogP contribution in [0.3, 0.4) is 0 Å². The monoisotopic (exact) mass is 370 g/mol. The first-order valence-corrected chi connectivity index (χ1v) is 11.6. The van der Waals surface area contributed by atoms with Crippen LogP contribution in [0.15, 0.2) is 0 Å². The number of aliphatic hydroxyl groups excluding tert-OH is 1. The molecule has 0 radical (unpaired) electrons. The molecule has 2 fully saturated rings. The fourth-order valence-corrected chi connectivity index (χ4v) is 5.29. The third-order valence-electron chi connectivity index (χ3n) is 4.32. The van der Waals surface area contributed by atoms with E-state index < -0.39 is 19.7 Å². The van der Waals surface area contributed by atoms with Crippen molar-refractivity contribution in [3.8, 4) is 0 Å². The Kier molecular flexibility index (Phi) is 6.81. The summed E-state index contributed by atoms with van der Waals surface area (Å²) in [4.78, 5) is 4.01. The van der Waals surface area contributed by atoms with Crippen LogP contribution in [0.25, 0.3) is 0 Å². The minimum Gasteiger partial charge on any atom is -0.396 e. The quantitative estimate of drug-likeness (QED) is 0.558. The van der Waals surface area contributed by atoms with Crippen LogP contribution in [-0.4, -0.2) is 107 Å². The molecule has 2 heterocycles. The molecule has 10 heteroatoms. The summed E-state index contributed by atoms with van der Waals surface area (Å²) in [5.41, 5.74) is 0. The van der Waals surface area contributed by atoms with Gasteiger partial charge in [-0.1, -0.05) is 0 Å². The summed E-state index contributed by atoms with van der Waals surface area (Å²) < 4.78 is 51.5. The Balaban J connectivity index is 1.75. The average Bonchev–Trinajstić information content (AvgIpc) is 2.48. The SMILES string of the molecule is O=S1(=O)CCN(CCOC(CCO)N2CCS(=O)(=O)CC2)CC1. The second-order valence-corrected chi connectivity index (χ2v) is 10.6. The Morgan fingerprint density at radius 2 is 1.43 bits per heavy atom. The maximum atomic E-state index is 11.5. The van der Waals surface area contributed by atoms with Gasteiger partial charge < -0.3 is 9.84 Å². The lowest BCUT2D eigenvalue weighted by Gasteiger charge is -2.34. The van der Waals surface area contributed by atoms with Crippen molar-refractivity contribution in [1.82, 2.24) is 9.80 Å². The van der Waals surface area contributed by atoms with Crippen LogP contribution in [-0.2, 0) is 24.4 Å². The van der Waals surface area contributed by atoms with Gasteiger partial charge in [-0.2, -0.15) is 0 Å². The topological polar surface area (TPSA) is 104 Å². The molecular formula is C13H26N2O6S2. The predicted molar refractivity (Wildman–Crippen MR) is 86.8 cm³/mol. The van der Waals surface area contributed by atoms with Crippen molar-refractivity contribution in [3.63, 3.8) is 0 Å². The van der Waals surface area contributed by atoms with Gasteiger partial charge in [-0.05, 0) is 0 Å². The molecule has 2 aliphatic heterocycles. The van der Waals surface area contributed by atoms with Gasteiger partial charge in [0.2, 0.25) is 0 Å². The molecule has 0 aromatic heterocycles. The Labute approximate surface area is 138 Å². The molecule has 0 aromatic rings. The van der Waals surface area contributed by atoms with E-state index in [1.165, 1.54) is 0 Å². The molecule has 0 saturated carbocycles. The van der Waals surface area contributed by atoms with Gasteiger partial charge in [0.1, 0.15) is 6.23 Å². The predicted octanol–water partition coefficient (Wildman–Crippen LogP) is -1.83. The molecule has 23 heavy (non-hydrogen) atoms. The second-order valence-electron chi connectivity index (χ2n) is 6.02. The van der Waals surface area contributed by atoms with E-state index in [4.69, 9.17) is 4.74 Å². The molecule has 0 amide bonds. The molecule has 0 aromatic carbocycles. The van der Waals surface area contributed by atoms with Crippen molar-refractivity contribution in [1.29, 1.82) is 0 Å². The molecule has 0 spiro atoms. The smallest absolute Gasteiger partial charge is 0.152 e. The first-order valence-electron chi connectivity index (χ1n) is 7.91. The molecule has 2 aliphatic rings. The van der Waals surface area contributed by atoms with Gasteiger partial charge in [0.25, 0.3) is 0 Å². The molecule has 136 valence electrons. The van der Waals surface area contributed by atoms with Crippen molar-refractivity contribution in [2.45, 2.75) is 12.6 Å². The standard InChI is InChI=1S/C13H26N2O6S2/c16-7-1-13(15-5-11-23(19,20)12-6-15)21-8-2-14-3-9-22(17,18)10-4-14/h13,16H,1-12H2. The van der Waals surface area contributed by atoms with E-state index in [-0.39, 0.29) is 35.8 Å². The molecule has 2 rings (SSSR count). The van der Waals surface area contributed by atoms with Crippen LogP contribution >= 0.6 is 0 Å². The molecule has 1 atom stereocenters. The molecule has 0 bridgehead atoms. The van der Waals surface area contributed by atoms with Gasteiger partial charge in [0, 0.05) is 45.8 Å². The largest absolute Gasteiger partial charge is 0.396 e. The summed E-state index contributed by atoms with van der Waals surface area (Å²) in [5, 5.41) is 9.17. The van der Waals surface area contributed by atoms with E-state index in [0.29, 0.717) is 45.8 Å². The lowest BCUT2D eigenvalue weighted by molar-refractivity contribution is -0.0717. The summed E-state index contributed by atoms with van der Waals surface area (Å²) in [7, 11) is -5.81. The zero-order chi connectivity index (χ0) is 16.9. The molecule has 8 nitrogen and oxygen atoms in total. The minimum absolute atomic E-state index is 0.0180. The molecular weight excluding hydrogens is 344 g/mol. The van der Waals surface area contributed by atoms with Crippen molar-refractivity contribution >= 4 is 19.7 Å². The number of nitrogens with zero attached hydrogens (tertiary/aromatic N) is 2. The second kappa shape index (κ2) is 8.21. The fourth-order valence-electron chi connectivity index (χ4n) is 2.79. The molecule has 2 saturated heterocycles. The van der Waals surface area contributed by atoms with Gasteiger partial charge in [0.05, 0.1) is 29.6 Å². The summed E-state index contributed by atoms with van der Waals surface area (Å²) in [6, 6.07) is 0. The lowest BCUT2D eigenvalue weighted by Crippen LogP contribution is -2.48. The number of hydrogen-bond acceptors (Lipinski definition) is 8. The van der Waals surface area contributed by atoms with Crippen LogP contribution in [0.1, 0.15) is 6.42 Å². The summed E-state index contributed by atoms with van der Waals surface area (Å²) >= 11 is 0. The third kappa shape index (κ3) is 6.28. The Hall–Kier alpha value is -0.260. The van der Waals surface area contributed by atoms with Crippen LogP contribution < -0.4 is 0 Å². The van der Waals surface area contributed by atoms with Crippen molar-refractivity contribution in [2.75, 3.05) is 68.9 Å². The van der Waals surface area contributed by atoms with Crippen molar-refractivity contribution < 1.29 is 26.7 Å². The Morgan fingerprint density at radius 3 is 1.96 bits per heavy atom. The van der Waals surface area contributed by atoms with E-state index in [1.807, 2.05) is 4.90 Å². The minimum atomic E-state index is -2.94. The van der Waals surface area contributed by atoms with Gasteiger partial charge in [-0.3, -0.25) is 9.80 Å². The first kappa shape index (κ1) is 19.1. The van der Waals surface area contributed by atoms with Crippen molar-refractivity contribution in [3.05, 3.63) is 0 Å². The van der Waals surface area contributed by atoms with Crippen molar-refractivity contribution in [2.24, 2.45) is 0 Å². The van der Waals surface area contributed by atoms with E-state index in [1.54, 1.807) is 0 Å². The maximum absolute atomic E-state index is 11.5. The normalized spacial score (nSPS) is 26.8. The zero-order valence-corrected chi connectivity index (χ0v) is 14.9. The van der Waals surface area contributed by atoms with E-state index in [9.17, 15) is 21.9 Å². The van der Waals surface area contributed by atoms with Crippen LogP contribution in [0.5, 0.6) is 0 Å². The molecule has 1 N–H and O–H groups in total. The first-order chi connectivity index (χ1) is 10.8. The van der Waals surface area contributed by atoms with E-state index in [0.717, 1.165) is 0 Å². The van der Waals surface area contributed by atoms with Crippen LogP contribution in [0.2, 0.25) is 0 Å². The van der Waals surface area contributed by atoms with Gasteiger partial charge in [0.15, 0.2) is 19.7 Å². The molecule has 1 unspecified atom stereocenters. The number of hydrogen-bond donors (Lipinski definition) is 1. The third-order valence-corrected chi connectivity index (χ3v) is 7.54. The lowest BCUT2D eigenvalue weighted by atomic mass is 10.3. The highest BCUT2D eigenvalue weighted by Gasteiger charge is 2.27. The highest BCUT2D eigenvalue weighted by molar-refractivity contribution is 7.91. The molecule has 0 aliphatic carbocycles. The maximum Gasteiger partial charge on any atom is 0.152 e. The summed E-state index contributed by atoms with van der Waals surface area (Å²) in [6.45, 7) is 2.97. The van der Waals surface area contributed by atoms with Gasteiger partial charge >= 0.3 is 0 Å². The Bertz CT molecular complexity index is 549. The highest BCUT2D eigenvalue weighted by atomic mass is 32.2. The number of aliphatic hydroxyl groups is 1. The van der Waals surface area contributed by atoms with Gasteiger partial charge in [-0.15, -0.1) is 0 Å².